The Kier molecular flexibility index (Phi) is 10.7. The first-order chi connectivity index (χ1) is 25.9. The molecule has 0 saturated carbocycles. The third-order valence-electron chi connectivity index (χ3n) is 10.6. The van der Waals surface area contributed by atoms with E-state index in [-0.39, 0.29) is 35.6 Å². The quantitative estimate of drug-likeness (QED) is 0.242. The maximum absolute atomic E-state index is 13.6. The van der Waals surface area contributed by atoms with E-state index >= 15 is 0 Å². The fourth-order valence-corrected chi connectivity index (χ4v) is 7.61. The maximum Gasteiger partial charge on any atom is 0.573 e. The van der Waals surface area contributed by atoms with Crippen LogP contribution in [0.1, 0.15) is 42.7 Å². The van der Waals surface area contributed by atoms with Crippen molar-refractivity contribution >= 4 is 34.2 Å². The smallest absolute Gasteiger partial charge is 0.405 e. The zero-order valence-corrected chi connectivity index (χ0v) is 29.9. The fraction of sp³-hybridized carbons (Fsp3) is 0.410. The van der Waals surface area contributed by atoms with Crippen LogP contribution in [0.4, 0.5) is 18.9 Å². The highest BCUT2D eigenvalue weighted by molar-refractivity contribution is 6.01. The number of likely N-dealkylation sites (tertiary alicyclic amines) is 1. The van der Waals surface area contributed by atoms with Crippen molar-refractivity contribution in [3.05, 3.63) is 88.6 Å². The van der Waals surface area contributed by atoms with Gasteiger partial charge in [-0.2, -0.15) is 0 Å². The van der Waals surface area contributed by atoms with Crippen LogP contribution in [0.5, 0.6) is 5.75 Å². The lowest BCUT2D eigenvalue weighted by molar-refractivity contribution is -0.275. The number of ether oxygens (including phenoxy) is 1. The minimum absolute atomic E-state index is 0.0436. The number of nitrogens with one attached hydrogen (secondary N) is 2. The Morgan fingerprint density at radius 1 is 0.926 bits per heavy atom. The first-order valence-electron chi connectivity index (χ1n) is 18.2. The van der Waals surface area contributed by atoms with Crippen LogP contribution >= 0.6 is 0 Å². The minimum Gasteiger partial charge on any atom is -0.405 e. The number of aromatic nitrogens is 2. The molecule has 2 aromatic heterocycles. The number of rotatable bonds is 9. The molecule has 2 aromatic carbocycles. The van der Waals surface area contributed by atoms with Gasteiger partial charge in [0, 0.05) is 81.6 Å². The van der Waals surface area contributed by atoms with Crippen molar-refractivity contribution in [2.75, 3.05) is 51.1 Å². The third-order valence-corrected chi connectivity index (χ3v) is 10.6. The first kappa shape index (κ1) is 37.1. The molecule has 2 N–H and O–H groups in total. The van der Waals surface area contributed by atoms with E-state index in [1.807, 2.05) is 21.9 Å². The number of carbonyl (C=O) groups excluding carboxylic acids is 3. The number of piperidine rings is 2. The second-order valence-corrected chi connectivity index (χ2v) is 14.2. The summed E-state index contributed by atoms with van der Waals surface area (Å²) in [5.74, 6) is -0.447. The summed E-state index contributed by atoms with van der Waals surface area (Å²) in [6.07, 6.45) is 2.30. The minimum atomic E-state index is -4.90. The number of anilines is 1. The number of amides is 3. The standard InChI is InChI=1S/C39H42F3N7O5/c1-46-23-32(30-10-13-43-21-31(30)38(46)53)27-2-3-28(34(20-27)54-39(40,41)42)22-48-16-18-49(19-17-48)36(51)24-47-14-11-26(12-15-47)25-4-6-29(7-5-25)44-33-8-9-35(50)45-37(33)52/h2-7,10,13,20-21,23,26,33,44H,8-9,11-12,14-19,22,24H2,1H3,(H,45,50,52). The van der Waals surface area contributed by atoms with Gasteiger partial charge in [0.05, 0.1) is 11.9 Å². The van der Waals surface area contributed by atoms with Crippen molar-refractivity contribution in [1.29, 1.82) is 0 Å². The van der Waals surface area contributed by atoms with Crippen LogP contribution in [0.2, 0.25) is 0 Å². The summed E-state index contributed by atoms with van der Waals surface area (Å²) in [5, 5.41) is 6.51. The van der Waals surface area contributed by atoms with Crippen LogP contribution in [0.25, 0.3) is 21.9 Å². The average molecular weight is 746 g/mol. The third kappa shape index (κ3) is 8.57. The number of hydrogen-bond acceptors (Lipinski definition) is 9. The average Bonchev–Trinajstić information content (AvgIpc) is 3.15. The summed E-state index contributed by atoms with van der Waals surface area (Å²) in [5.41, 5.74) is 3.21. The summed E-state index contributed by atoms with van der Waals surface area (Å²) in [6.45, 7) is 4.07. The number of aryl methyl sites for hydroxylation is 1. The van der Waals surface area contributed by atoms with E-state index in [0.29, 0.717) is 78.9 Å². The lowest BCUT2D eigenvalue weighted by Gasteiger charge is -2.37. The van der Waals surface area contributed by atoms with E-state index in [1.54, 1.807) is 31.4 Å². The van der Waals surface area contributed by atoms with Gasteiger partial charge >= 0.3 is 6.36 Å². The molecule has 284 valence electrons. The summed E-state index contributed by atoms with van der Waals surface area (Å²) in [7, 11) is 1.58. The number of pyridine rings is 2. The number of alkyl halides is 3. The van der Waals surface area contributed by atoms with Crippen molar-refractivity contribution in [3.63, 3.8) is 0 Å². The SMILES string of the molecule is Cn1cc(-c2ccc(CN3CCN(C(=O)CN4CCC(c5ccc(NC6CCC(=O)NC6=O)cc5)CC4)CC3)c(OC(F)(F)F)c2)c2ccncc2c1=O. The van der Waals surface area contributed by atoms with E-state index in [2.05, 4.69) is 37.4 Å². The molecule has 15 heteroatoms. The van der Waals surface area contributed by atoms with Crippen LogP contribution in [-0.4, -0.2) is 100 Å². The Labute approximate surface area is 309 Å². The molecule has 3 saturated heterocycles. The molecule has 3 aliphatic rings. The topological polar surface area (TPSA) is 129 Å². The molecule has 3 fully saturated rings. The molecule has 0 radical (unpaired) electrons. The zero-order valence-electron chi connectivity index (χ0n) is 29.9. The van der Waals surface area contributed by atoms with Gasteiger partial charge in [-0.15, -0.1) is 13.2 Å². The molecular weight excluding hydrogens is 703 g/mol. The van der Waals surface area contributed by atoms with Crippen LogP contribution in [0.3, 0.4) is 0 Å². The predicted octanol–water partition coefficient (Wildman–Crippen LogP) is 4.24. The molecule has 3 aliphatic heterocycles. The molecule has 5 heterocycles. The molecule has 3 amide bonds. The summed E-state index contributed by atoms with van der Waals surface area (Å²) in [4.78, 5) is 59.5. The van der Waals surface area contributed by atoms with Crippen LogP contribution in [-0.2, 0) is 28.0 Å². The summed E-state index contributed by atoms with van der Waals surface area (Å²) < 4.78 is 46.7. The Morgan fingerprint density at radius 2 is 1.67 bits per heavy atom. The number of hydrogen-bond donors (Lipinski definition) is 2. The fourth-order valence-electron chi connectivity index (χ4n) is 7.61. The predicted molar refractivity (Wildman–Crippen MR) is 196 cm³/mol. The molecule has 0 spiro atoms. The monoisotopic (exact) mass is 745 g/mol. The molecule has 4 aromatic rings. The van der Waals surface area contributed by atoms with Crippen molar-refractivity contribution in [3.8, 4) is 16.9 Å². The normalized spacial score (nSPS) is 19.2. The van der Waals surface area contributed by atoms with Crippen LogP contribution in [0.15, 0.2) is 71.9 Å². The number of benzene rings is 2. The zero-order chi connectivity index (χ0) is 38.0. The largest absolute Gasteiger partial charge is 0.573 e. The van der Waals surface area contributed by atoms with Gasteiger partial charge in [0.2, 0.25) is 17.7 Å². The van der Waals surface area contributed by atoms with Crippen LogP contribution in [0, 0.1) is 0 Å². The molecule has 12 nitrogen and oxygen atoms in total. The second-order valence-electron chi connectivity index (χ2n) is 14.2. The Bertz CT molecular complexity index is 2090. The highest BCUT2D eigenvalue weighted by atomic mass is 19.4. The van der Waals surface area contributed by atoms with E-state index in [4.69, 9.17) is 0 Å². The lowest BCUT2D eigenvalue weighted by atomic mass is 9.89. The molecular formula is C39H42F3N7O5. The van der Waals surface area contributed by atoms with Crippen molar-refractivity contribution < 1.29 is 32.3 Å². The van der Waals surface area contributed by atoms with E-state index < -0.39 is 12.4 Å². The van der Waals surface area contributed by atoms with Gasteiger partial charge in [-0.1, -0.05) is 24.3 Å². The molecule has 1 atom stereocenters. The number of imide groups is 1. The number of carbonyl (C=O) groups is 3. The van der Waals surface area contributed by atoms with Crippen LogP contribution < -0.4 is 20.9 Å². The number of piperazine rings is 1. The molecule has 7 rings (SSSR count). The van der Waals surface area contributed by atoms with Gasteiger partial charge in [0.25, 0.3) is 5.56 Å². The molecule has 54 heavy (non-hydrogen) atoms. The van der Waals surface area contributed by atoms with Crippen molar-refractivity contribution in [1.82, 2.24) is 29.6 Å². The highest BCUT2D eigenvalue weighted by Gasteiger charge is 2.33. The summed E-state index contributed by atoms with van der Waals surface area (Å²) >= 11 is 0. The highest BCUT2D eigenvalue weighted by Crippen LogP contribution is 2.35. The maximum atomic E-state index is 13.6. The molecule has 0 bridgehead atoms. The van der Waals surface area contributed by atoms with Gasteiger partial charge in [0.15, 0.2) is 0 Å². The van der Waals surface area contributed by atoms with Crippen molar-refractivity contribution in [2.24, 2.45) is 7.05 Å². The van der Waals surface area contributed by atoms with Crippen molar-refractivity contribution in [2.45, 2.75) is 50.6 Å². The van der Waals surface area contributed by atoms with E-state index in [1.165, 1.54) is 28.6 Å². The Hall–Kier alpha value is -5.28. The van der Waals surface area contributed by atoms with E-state index in [9.17, 15) is 32.3 Å². The molecule has 0 aliphatic carbocycles. The van der Waals surface area contributed by atoms with Gasteiger partial charge < -0.3 is 19.5 Å². The Balaban J connectivity index is 0.910. The van der Waals surface area contributed by atoms with Gasteiger partial charge in [-0.3, -0.25) is 39.3 Å². The summed E-state index contributed by atoms with van der Waals surface area (Å²) in [6, 6.07) is 14.0. The number of fused-ring (bicyclic) bond motifs is 1. The molecule has 1 unspecified atom stereocenters. The van der Waals surface area contributed by atoms with Gasteiger partial charge in [-0.25, -0.2) is 0 Å². The second kappa shape index (κ2) is 15.6. The van der Waals surface area contributed by atoms with Gasteiger partial charge in [-0.05, 0) is 79.0 Å². The first-order valence-corrected chi connectivity index (χ1v) is 18.2. The number of nitrogens with zero attached hydrogens (tertiary/aromatic N) is 5. The number of halogens is 3. The van der Waals surface area contributed by atoms with E-state index in [0.717, 1.165) is 31.6 Å². The Morgan fingerprint density at radius 3 is 2.37 bits per heavy atom. The van der Waals surface area contributed by atoms with Gasteiger partial charge in [0.1, 0.15) is 11.8 Å². The lowest BCUT2D eigenvalue weighted by Crippen LogP contribution is -2.51.